The van der Waals surface area contributed by atoms with Crippen molar-refractivity contribution in [2.45, 2.75) is 0 Å². The first kappa shape index (κ1) is 16.2. The van der Waals surface area contributed by atoms with Crippen LogP contribution in [0.15, 0.2) is 54.6 Å². The molecule has 126 valence electrons. The number of anilines is 1. The molecule has 0 atom stereocenters. The quantitative estimate of drug-likeness (QED) is 0.630. The molecule has 4 N–H and O–H groups in total. The number of benzene rings is 2. The summed E-state index contributed by atoms with van der Waals surface area (Å²) in [6, 6.07) is 15.9. The van der Waals surface area contributed by atoms with E-state index in [4.69, 9.17) is 10.5 Å². The number of nitrogens with zero attached hydrogens (tertiary/aromatic N) is 2. The van der Waals surface area contributed by atoms with E-state index in [-0.39, 0.29) is 23.9 Å². The van der Waals surface area contributed by atoms with Gasteiger partial charge in [0.2, 0.25) is 0 Å². The van der Waals surface area contributed by atoms with Crippen molar-refractivity contribution in [3.05, 3.63) is 60.3 Å². The molecule has 0 radical (unpaired) electrons. The summed E-state index contributed by atoms with van der Waals surface area (Å²) in [5.74, 6) is -0.626. The van der Waals surface area contributed by atoms with E-state index in [9.17, 15) is 9.59 Å². The van der Waals surface area contributed by atoms with Crippen molar-refractivity contribution in [2.75, 3.05) is 11.9 Å². The lowest BCUT2D eigenvalue weighted by molar-refractivity contribution is -0.118. The predicted octanol–water partition coefficient (Wildman–Crippen LogP) is 1.59. The minimum atomic E-state index is -0.708. The molecule has 0 aliphatic heterocycles. The maximum atomic E-state index is 12.0. The number of para-hydroxylation sites is 2. The Kier molecular flexibility index (Phi) is 4.70. The maximum absolute atomic E-state index is 12.0. The van der Waals surface area contributed by atoms with Crippen molar-refractivity contribution in [2.24, 2.45) is 5.73 Å². The Morgan fingerprint density at radius 2 is 1.76 bits per heavy atom. The van der Waals surface area contributed by atoms with Gasteiger partial charge in [-0.2, -0.15) is 15.4 Å². The number of aromatic amines is 1. The molecule has 0 fully saturated rings. The van der Waals surface area contributed by atoms with Crippen molar-refractivity contribution in [1.82, 2.24) is 15.4 Å². The lowest BCUT2D eigenvalue weighted by Crippen LogP contribution is -2.20. The molecule has 25 heavy (non-hydrogen) atoms. The minimum Gasteiger partial charge on any atom is -0.483 e. The molecular weight excluding hydrogens is 322 g/mol. The first-order chi connectivity index (χ1) is 12.1. The van der Waals surface area contributed by atoms with Gasteiger partial charge in [-0.05, 0) is 24.3 Å². The van der Waals surface area contributed by atoms with Crippen molar-refractivity contribution >= 4 is 17.5 Å². The van der Waals surface area contributed by atoms with Crippen LogP contribution >= 0.6 is 0 Å². The summed E-state index contributed by atoms with van der Waals surface area (Å²) in [4.78, 5) is 23.4. The number of H-pyrrole nitrogens is 1. The number of ether oxygens (including phenoxy) is 1. The van der Waals surface area contributed by atoms with Gasteiger partial charge in [-0.1, -0.05) is 30.3 Å². The second-order valence-electron chi connectivity index (χ2n) is 5.08. The molecular formula is C17H15N5O3. The second kappa shape index (κ2) is 7.26. The van der Waals surface area contributed by atoms with Gasteiger partial charge in [-0.3, -0.25) is 9.59 Å². The first-order valence-electron chi connectivity index (χ1n) is 7.43. The number of hydrogen-bond donors (Lipinski definition) is 3. The fraction of sp³-hybridized carbons (Fsp3) is 0.0588. The van der Waals surface area contributed by atoms with Gasteiger partial charge in [0, 0.05) is 11.3 Å². The second-order valence-corrected chi connectivity index (χ2v) is 5.08. The number of aromatic nitrogens is 3. The summed E-state index contributed by atoms with van der Waals surface area (Å²) in [5, 5.41) is 12.8. The Morgan fingerprint density at radius 3 is 2.52 bits per heavy atom. The third-order valence-corrected chi connectivity index (χ3v) is 3.34. The van der Waals surface area contributed by atoms with Gasteiger partial charge in [0.25, 0.3) is 11.8 Å². The lowest BCUT2D eigenvalue weighted by atomic mass is 10.1. The van der Waals surface area contributed by atoms with Crippen LogP contribution < -0.4 is 15.8 Å². The molecule has 1 aromatic heterocycles. The average molecular weight is 337 g/mol. The molecule has 8 heteroatoms. The molecule has 2 aromatic carbocycles. The number of nitrogens with one attached hydrogen (secondary N) is 2. The van der Waals surface area contributed by atoms with Gasteiger partial charge < -0.3 is 15.8 Å². The summed E-state index contributed by atoms with van der Waals surface area (Å²) in [5.41, 5.74) is 6.75. The van der Waals surface area contributed by atoms with Crippen LogP contribution in [0.3, 0.4) is 0 Å². The van der Waals surface area contributed by atoms with E-state index < -0.39 is 5.91 Å². The Hall–Kier alpha value is -3.68. The Labute approximate surface area is 143 Å². The van der Waals surface area contributed by atoms with Crippen molar-refractivity contribution in [3.63, 3.8) is 0 Å². The van der Waals surface area contributed by atoms with Crippen LogP contribution in [-0.4, -0.2) is 33.8 Å². The molecule has 0 saturated heterocycles. The Bertz CT molecular complexity index is 892. The highest BCUT2D eigenvalue weighted by molar-refractivity contribution is 5.97. The van der Waals surface area contributed by atoms with Crippen LogP contribution in [0.2, 0.25) is 0 Å². The Morgan fingerprint density at radius 1 is 1.04 bits per heavy atom. The van der Waals surface area contributed by atoms with Crippen LogP contribution in [0.4, 0.5) is 5.69 Å². The van der Waals surface area contributed by atoms with E-state index in [1.54, 1.807) is 36.4 Å². The SMILES string of the molecule is NC(=O)c1n[nH]nc1-c1ccccc1OCC(=O)Nc1ccccc1. The molecule has 2 amide bonds. The van der Waals surface area contributed by atoms with Crippen LogP contribution in [0.1, 0.15) is 10.5 Å². The third kappa shape index (κ3) is 3.81. The molecule has 0 saturated carbocycles. The molecule has 3 aromatic rings. The zero-order valence-electron chi connectivity index (χ0n) is 13.1. The number of primary amides is 1. The molecule has 1 heterocycles. The number of hydrogen-bond acceptors (Lipinski definition) is 5. The highest BCUT2D eigenvalue weighted by Gasteiger charge is 2.18. The fourth-order valence-electron chi connectivity index (χ4n) is 2.24. The van der Waals surface area contributed by atoms with E-state index in [1.807, 2.05) is 18.2 Å². The number of rotatable bonds is 6. The number of carbonyl (C=O) groups is 2. The third-order valence-electron chi connectivity index (χ3n) is 3.34. The van der Waals surface area contributed by atoms with Gasteiger partial charge in [-0.25, -0.2) is 0 Å². The summed E-state index contributed by atoms with van der Waals surface area (Å²) < 4.78 is 5.58. The highest BCUT2D eigenvalue weighted by atomic mass is 16.5. The van der Waals surface area contributed by atoms with Crippen LogP contribution in [-0.2, 0) is 4.79 Å². The van der Waals surface area contributed by atoms with Crippen molar-refractivity contribution in [1.29, 1.82) is 0 Å². The number of amides is 2. The van der Waals surface area contributed by atoms with Gasteiger partial charge in [0.05, 0.1) is 0 Å². The first-order valence-corrected chi connectivity index (χ1v) is 7.43. The van der Waals surface area contributed by atoms with Gasteiger partial charge in [0.15, 0.2) is 12.3 Å². The summed E-state index contributed by atoms with van der Waals surface area (Å²) in [6.45, 7) is -0.199. The van der Waals surface area contributed by atoms with Crippen LogP contribution in [0.25, 0.3) is 11.3 Å². The number of carbonyl (C=O) groups excluding carboxylic acids is 2. The maximum Gasteiger partial charge on any atom is 0.271 e. The zero-order valence-corrected chi connectivity index (χ0v) is 13.1. The fourth-order valence-corrected chi connectivity index (χ4v) is 2.24. The number of nitrogens with two attached hydrogens (primary N) is 1. The van der Waals surface area contributed by atoms with E-state index in [0.717, 1.165) is 0 Å². The van der Waals surface area contributed by atoms with Gasteiger partial charge >= 0.3 is 0 Å². The largest absolute Gasteiger partial charge is 0.483 e. The molecule has 0 aliphatic rings. The van der Waals surface area contributed by atoms with Crippen LogP contribution in [0, 0.1) is 0 Å². The van der Waals surface area contributed by atoms with E-state index >= 15 is 0 Å². The smallest absolute Gasteiger partial charge is 0.271 e. The monoisotopic (exact) mass is 337 g/mol. The van der Waals surface area contributed by atoms with Crippen molar-refractivity contribution in [3.8, 4) is 17.0 Å². The Balaban J connectivity index is 1.74. The standard InChI is InChI=1S/C17H15N5O3/c18-17(24)16-15(20-22-21-16)12-8-4-5-9-13(12)25-10-14(23)19-11-6-2-1-3-7-11/h1-9H,10H2,(H2,18,24)(H,19,23)(H,20,21,22). The predicted molar refractivity (Wildman–Crippen MR) is 90.9 cm³/mol. The molecule has 0 spiro atoms. The topological polar surface area (TPSA) is 123 Å². The van der Waals surface area contributed by atoms with E-state index in [2.05, 4.69) is 20.7 Å². The molecule has 0 aliphatic carbocycles. The van der Waals surface area contributed by atoms with Crippen LogP contribution in [0.5, 0.6) is 5.75 Å². The molecule has 8 nitrogen and oxygen atoms in total. The highest BCUT2D eigenvalue weighted by Crippen LogP contribution is 2.29. The van der Waals surface area contributed by atoms with Gasteiger partial charge in [0.1, 0.15) is 11.4 Å². The molecule has 3 rings (SSSR count). The molecule has 0 bridgehead atoms. The lowest BCUT2D eigenvalue weighted by Gasteiger charge is -2.10. The molecule has 0 unspecified atom stereocenters. The normalized spacial score (nSPS) is 10.2. The average Bonchev–Trinajstić information content (AvgIpc) is 3.11. The van der Waals surface area contributed by atoms with Crippen molar-refractivity contribution < 1.29 is 14.3 Å². The summed E-state index contributed by atoms with van der Waals surface area (Å²) in [7, 11) is 0. The van der Waals surface area contributed by atoms with Gasteiger partial charge in [-0.15, -0.1) is 0 Å². The zero-order chi connectivity index (χ0) is 17.6. The van der Waals surface area contributed by atoms with E-state index in [1.165, 1.54) is 0 Å². The summed E-state index contributed by atoms with van der Waals surface area (Å²) >= 11 is 0. The van der Waals surface area contributed by atoms with E-state index in [0.29, 0.717) is 17.0 Å². The summed E-state index contributed by atoms with van der Waals surface area (Å²) in [6.07, 6.45) is 0. The minimum absolute atomic E-state index is 0.00443.